The molecule has 1 aromatic carbocycles. The molecule has 5 nitrogen and oxygen atoms in total. The van der Waals surface area contributed by atoms with Crippen LogP contribution in [0, 0.1) is 11.3 Å². The van der Waals surface area contributed by atoms with Crippen molar-refractivity contribution in [3.8, 4) is 17.4 Å². The van der Waals surface area contributed by atoms with Crippen LogP contribution in [-0.2, 0) is 10.0 Å². The Hall–Kier alpha value is -2.07. The quantitative estimate of drug-likeness (QED) is 0.881. The van der Waals surface area contributed by atoms with Crippen LogP contribution >= 0.6 is 11.6 Å². The standard InChI is InChI=1S/C13H9ClN2O3S/c14-10-3-1-9(2-4-10)13-6-5-11(19-13)7-12(8-15)20(16,17)18/h1-7H,(H2,16,17,18). The average molecular weight is 309 g/mol. The first-order valence-electron chi connectivity index (χ1n) is 5.40. The Bertz CT molecular complexity index is 799. The van der Waals surface area contributed by atoms with Gasteiger partial charge in [-0.2, -0.15) is 5.26 Å². The maximum Gasteiger partial charge on any atom is 0.248 e. The summed E-state index contributed by atoms with van der Waals surface area (Å²) >= 11 is 5.79. The number of furan rings is 1. The summed E-state index contributed by atoms with van der Waals surface area (Å²) in [7, 11) is -4.05. The largest absolute Gasteiger partial charge is 0.457 e. The fourth-order valence-electron chi connectivity index (χ4n) is 1.51. The molecular weight excluding hydrogens is 300 g/mol. The van der Waals surface area contributed by atoms with Gasteiger partial charge in [-0.1, -0.05) is 11.6 Å². The normalized spacial score (nSPS) is 12.2. The van der Waals surface area contributed by atoms with Gasteiger partial charge in [0.25, 0.3) is 0 Å². The van der Waals surface area contributed by atoms with E-state index in [-0.39, 0.29) is 5.76 Å². The third kappa shape index (κ3) is 3.27. The highest BCUT2D eigenvalue weighted by molar-refractivity contribution is 7.93. The summed E-state index contributed by atoms with van der Waals surface area (Å²) in [5.74, 6) is 0.750. The van der Waals surface area contributed by atoms with Crippen LogP contribution in [0.1, 0.15) is 5.76 Å². The minimum atomic E-state index is -4.05. The molecule has 2 aromatic rings. The number of nitrogens with two attached hydrogens (primary N) is 1. The maximum absolute atomic E-state index is 11.1. The number of hydrogen-bond acceptors (Lipinski definition) is 4. The first kappa shape index (κ1) is 14.3. The van der Waals surface area contributed by atoms with Gasteiger partial charge in [-0.3, -0.25) is 0 Å². The zero-order valence-corrected chi connectivity index (χ0v) is 11.6. The van der Waals surface area contributed by atoms with Gasteiger partial charge in [0.2, 0.25) is 10.0 Å². The monoisotopic (exact) mass is 308 g/mol. The van der Waals surface area contributed by atoms with Gasteiger partial charge >= 0.3 is 0 Å². The molecule has 0 aliphatic rings. The molecule has 2 N–H and O–H groups in total. The highest BCUT2D eigenvalue weighted by Crippen LogP contribution is 2.25. The van der Waals surface area contributed by atoms with E-state index in [2.05, 4.69) is 0 Å². The smallest absolute Gasteiger partial charge is 0.248 e. The van der Waals surface area contributed by atoms with E-state index in [0.29, 0.717) is 10.8 Å². The van der Waals surface area contributed by atoms with Crippen molar-refractivity contribution >= 4 is 27.7 Å². The van der Waals surface area contributed by atoms with Gasteiger partial charge < -0.3 is 4.42 Å². The maximum atomic E-state index is 11.1. The second-order valence-electron chi connectivity index (χ2n) is 3.87. The number of sulfonamides is 1. The molecule has 2 rings (SSSR count). The van der Waals surface area contributed by atoms with Crippen LogP contribution in [0.15, 0.2) is 45.7 Å². The summed E-state index contributed by atoms with van der Waals surface area (Å²) in [6.07, 6.45) is 1.08. The van der Waals surface area contributed by atoms with Crippen LogP contribution in [0.25, 0.3) is 17.4 Å². The molecule has 102 valence electrons. The third-order valence-corrected chi connectivity index (χ3v) is 3.52. The fraction of sp³-hybridized carbons (Fsp3) is 0. The molecule has 1 heterocycles. The molecular formula is C13H9ClN2O3S. The van der Waals surface area contributed by atoms with Crippen molar-refractivity contribution in [3.63, 3.8) is 0 Å². The Morgan fingerprint density at radius 3 is 2.45 bits per heavy atom. The molecule has 0 radical (unpaired) electrons. The lowest BCUT2D eigenvalue weighted by molar-refractivity contribution is 0.571. The molecule has 20 heavy (non-hydrogen) atoms. The Morgan fingerprint density at radius 1 is 1.25 bits per heavy atom. The van der Waals surface area contributed by atoms with Crippen molar-refractivity contribution in [2.75, 3.05) is 0 Å². The predicted molar refractivity (Wildman–Crippen MR) is 75.9 cm³/mol. The van der Waals surface area contributed by atoms with Crippen molar-refractivity contribution in [1.82, 2.24) is 0 Å². The minimum absolute atomic E-state index is 0.223. The molecule has 0 unspecified atom stereocenters. The summed E-state index contributed by atoms with van der Waals surface area (Å²) in [6, 6.07) is 11.7. The molecule has 7 heteroatoms. The summed E-state index contributed by atoms with van der Waals surface area (Å²) in [6.45, 7) is 0. The van der Waals surface area contributed by atoms with Crippen LogP contribution in [-0.4, -0.2) is 8.42 Å². The Morgan fingerprint density at radius 2 is 1.90 bits per heavy atom. The van der Waals surface area contributed by atoms with Crippen molar-refractivity contribution in [3.05, 3.63) is 52.1 Å². The van der Waals surface area contributed by atoms with Crippen LogP contribution in [0.4, 0.5) is 0 Å². The summed E-state index contributed by atoms with van der Waals surface area (Å²) in [5, 5.41) is 14.2. The van der Waals surface area contributed by atoms with Gasteiger partial charge in [0.15, 0.2) is 4.91 Å². The van der Waals surface area contributed by atoms with E-state index in [1.165, 1.54) is 6.07 Å². The SMILES string of the molecule is N#CC(=Cc1ccc(-c2ccc(Cl)cc2)o1)S(N)(=O)=O. The third-order valence-electron chi connectivity index (χ3n) is 2.45. The van der Waals surface area contributed by atoms with Crippen molar-refractivity contribution in [2.45, 2.75) is 0 Å². The lowest BCUT2D eigenvalue weighted by atomic mass is 10.2. The Kier molecular flexibility index (Phi) is 3.95. The molecule has 0 spiro atoms. The molecule has 0 bridgehead atoms. The number of nitrogens with zero attached hydrogens (tertiary/aromatic N) is 1. The highest BCUT2D eigenvalue weighted by atomic mass is 35.5. The van der Waals surface area contributed by atoms with Crippen LogP contribution in [0.2, 0.25) is 5.02 Å². The zero-order valence-electron chi connectivity index (χ0n) is 10.1. The van der Waals surface area contributed by atoms with E-state index < -0.39 is 14.9 Å². The van der Waals surface area contributed by atoms with Crippen molar-refractivity contribution < 1.29 is 12.8 Å². The second kappa shape index (κ2) is 5.51. The first-order chi connectivity index (χ1) is 9.40. The fourth-order valence-corrected chi connectivity index (χ4v) is 2.04. The number of nitriles is 1. The Balaban J connectivity index is 2.37. The number of hydrogen-bond donors (Lipinski definition) is 1. The number of halogens is 1. The summed E-state index contributed by atoms with van der Waals surface area (Å²) in [4.78, 5) is -0.561. The first-order valence-corrected chi connectivity index (χ1v) is 7.33. The molecule has 0 aliphatic carbocycles. The molecule has 0 aliphatic heterocycles. The minimum Gasteiger partial charge on any atom is -0.457 e. The van der Waals surface area contributed by atoms with Gasteiger partial charge in [0.05, 0.1) is 0 Å². The highest BCUT2D eigenvalue weighted by Gasteiger charge is 2.12. The number of rotatable bonds is 3. The number of primary sulfonamides is 1. The zero-order chi connectivity index (χ0) is 14.8. The van der Waals surface area contributed by atoms with E-state index in [1.807, 2.05) is 0 Å². The van der Waals surface area contributed by atoms with E-state index in [0.717, 1.165) is 11.6 Å². The average Bonchev–Trinajstić information content (AvgIpc) is 2.84. The van der Waals surface area contributed by atoms with E-state index in [9.17, 15) is 8.42 Å². The lowest BCUT2D eigenvalue weighted by Gasteiger charge is -1.97. The number of allylic oxidation sites excluding steroid dienone is 1. The van der Waals surface area contributed by atoms with Crippen LogP contribution in [0.5, 0.6) is 0 Å². The van der Waals surface area contributed by atoms with Crippen molar-refractivity contribution in [1.29, 1.82) is 5.26 Å². The van der Waals surface area contributed by atoms with Gasteiger partial charge in [0, 0.05) is 16.7 Å². The molecule has 0 amide bonds. The molecule has 0 fully saturated rings. The topological polar surface area (TPSA) is 97.1 Å². The Labute approximate surface area is 120 Å². The number of benzene rings is 1. The molecule has 0 saturated heterocycles. The van der Waals surface area contributed by atoms with Gasteiger partial charge in [-0.25, -0.2) is 13.6 Å². The second-order valence-corrected chi connectivity index (χ2v) is 5.84. The summed E-state index contributed by atoms with van der Waals surface area (Å²) < 4.78 is 27.7. The van der Waals surface area contributed by atoms with E-state index in [1.54, 1.807) is 36.4 Å². The molecule has 1 aromatic heterocycles. The predicted octanol–water partition coefficient (Wildman–Crippen LogP) is 2.75. The lowest BCUT2D eigenvalue weighted by Crippen LogP contribution is -2.13. The van der Waals surface area contributed by atoms with Gasteiger partial charge in [-0.15, -0.1) is 0 Å². The molecule has 0 atom stereocenters. The van der Waals surface area contributed by atoms with Gasteiger partial charge in [-0.05, 0) is 36.4 Å². The van der Waals surface area contributed by atoms with Crippen molar-refractivity contribution in [2.24, 2.45) is 5.14 Å². The summed E-state index contributed by atoms with van der Waals surface area (Å²) in [5.41, 5.74) is 0.781. The van der Waals surface area contributed by atoms with E-state index >= 15 is 0 Å². The van der Waals surface area contributed by atoms with Gasteiger partial charge in [0.1, 0.15) is 17.6 Å². The van der Waals surface area contributed by atoms with E-state index in [4.69, 9.17) is 26.4 Å². The van der Waals surface area contributed by atoms with Crippen LogP contribution < -0.4 is 5.14 Å². The molecule has 0 saturated carbocycles. The van der Waals surface area contributed by atoms with Crippen LogP contribution in [0.3, 0.4) is 0 Å².